The lowest BCUT2D eigenvalue weighted by molar-refractivity contribution is -0.123. The van der Waals surface area contributed by atoms with E-state index in [1.165, 1.54) is 0 Å². The highest BCUT2D eigenvalue weighted by Gasteiger charge is 2.30. The van der Waals surface area contributed by atoms with Crippen molar-refractivity contribution >= 4 is 11.7 Å². The Bertz CT molecular complexity index is 845. The standard InChI is InChI=1S/C19H22N4O/c1-14-16(15-10-6-5-7-11-15)21-22(4)17(14)20-18(24)19(2,3)23-12-8-9-13-23/h5-13H,1-4H3,(H,20,24). The Kier molecular flexibility index (Phi) is 4.01. The molecular formula is C19H22N4O. The molecule has 0 saturated heterocycles. The number of nitrogens with zero attached hydrogens (tertiary/aromatic N) is 3. The molecule has 2 heterocycles. The lowest BCUT2D eigenvalue weighted by Gasteiger charge is -2.26. The Morgan fingerprint density at radius 3 is 2.33 bits per heavy atom. The third kappa shape index (κ3) is 2.73. The van der Waals surface area contributed by atoms with Crippen molar-refractivity contribution in [3.05, 3.63) is 60.4 Å². The zero-order chi connectivity index (χ0) is 17.3. The fourth-order valence-corrected chi connectivity index (χ4v) is 2.76. The summed E-state index contributed by atoms with van der Waals surface area (Å²) < 4.78 is 3.62. The van der Waals surface area contributed by atoms with Gasteiger partial charge >= 0.3 is 0 Å². The largest absolute Gasteiger partial charge is 0.340 e. The molecule has 0 spiro atoms. The van der Waals surface area contributed by atoms with Crippen molar-refractivity contribution in [2.75, 3.05) is 5.32 Å². The van der Waals surface area contributed by atoms with Crippen molar-refractivity contribution in [1.82, 2.24) is 14.3 Å². The highest BCUT2D eigenvalue weighted by molar-refractivity contribution is 5.96. The molecule has 0 aliphatic carbocycles. The van der Waals surface area contributed by atoms with Crippen LogP contribution in [0.3, 0.4) is 0 Å². The summed E-state index contributed by atoms with van der Waals surface area (Å²) >= 11 is 0. The summed E-state index contributed by atoms with van der Waals surface area (Å²) in [5, 5.41) is 7.61. The second-order valence-electron chi connectivity index (χ2n) is 6.42. The van der Waals surface area contributed by atoms with E-state index in [0.717, 1.165) is 22.6 Å². The first kappa shape index (κ1) is 16.1. The van der Waals surface area contributed by atoms with Gasteiger partial charge in [0.25, 0.3) is 5.91 Å². The Labute approximate surface area is 141 Å². The topological polar surface area (TPSA) is 51.9 Å². The summed E-state index contributed by atoms with van der Waals surface area (Å²) in [6, 6.07) is 13.8. The van der Waals surface area contributed by atoms with E-state index in [4.69, 9.17) is 0 Å². The quantitative estimate of drug-likeness (QED) is 0.798. The number of hydrogen-bond acceptors (Lipinski definition) is 2. The van der Waals surface area contributed by atoms with E-state index >= 15 is 0 Å². The molecule has 5 heteroatoms. The molecule has 1 aromatic carbocycles. The van der Waals surface area contributed by atoms with Crippen LogP contribution in [0.25, 0.3) is 11.3 Å². The normalized spacial score (nSPS) is 11.5. The average Bonchev–Trinajstić information content (AvgIpc) is 3.20. The predicted molar refractivity (Wildman–Crippen MR) is 95.8 cm³/mol. The van der Waals surface area contributed by atoms with E-state index in [1.807, 2.05) is 87.2 Å². The molecule has 0 fully saturated rings. The van der Waals surface area contributed by atoms with Crippen LogP contribution >= 0.6 is 0 Å². The second kappa shape index (κ2) is 6.00. The van der Waals surface area contributed by atoms with E-state index < -0.39 is 5.54 Å². The number of rotatable bonds is 4. The molecule has 24 heavy (non-hydrogen) atoms. The SMILES string of the molecule is Cc1c(-c2ccccc2)nn(C)c1NC(=O)C(C)(C)n1cccc1. The Hall–Kier alpha value is -2.82. The Morgan fingerprint density at radius 2 is 1.71 bits per heavy atom. The summed E-state index contributed by atoms with van der Waals surface area (Å²) in [5.41, 5.74) is 2.19. The van der Waals surface area contributed by atoms with Crippen LogP contribution in [0.1, 0.15) is 19.4 Å². The van der Waals surface area contributed by atoms with Crippen LogP contribution in [0.15, 0.2) is 54.9 Å². The maximum Gasteiger partial charge on any atom is 0.251 e. The van der Waals surface area contributed by atoms with Gasteiger partial charge < -0.3 is 9.88 Å². The molecule has 3 aromatic rings. The number of aryl methyl sites for hydroxylation is 1. The molecule has 0 radical (unpaired) electrons. The first-order valence-electron chi connectivity index (χ1n) is 7.95. The van der Waals surface area contributed by atoms with Crippen LogP contribution in [0.4, 0.5) is 5.82 Å². The van der Waals surface area contributed by atoms with Gasteiger partial charge in [0.1, 0.15) is 11.4 Å². The monoisotopic (exact) mass is 322 g/mol. The van der Waals surface area contributed by atoms with Gasteiger partial charge in [-0.3, -0.25) is 9.48 Å². The van der Waals surface area contributed by atoms with Crippen molar-refractivity contribution in [2.24, 2.45) is 7.05 Å². The van der Waals surface area contributed by atoms with E-state index in [-0.39, 0.29) is 5.91 Å². The van der Waals surface area contributed by atoms with Crippen molar-refractivity contribution in [3.63, 3.8) is 0 Å². The van der Waals surface area contributed by atoms with Gasteiger partial charge in [0.05, 0.1) is 5.69 Å². The molecule has 0 unspecified atom stereocenters. The molecule has 0 atom stereocenters. The minimum Gasteiger partial charge on any atom is -0.340 e. The molecule has 3 rings (SSSR count). The van der Waals surface area contributed by atoms with Gasteiger partial charge in [0.2, 0.25) is 0 Å². The van der Waals surface area contributed by atoms with Crippen molar-refractivity contribution in [3.8, 4) is 11.3 Å². The average molecular weight is 322 g/mol. The van der Waals surface area contributed by atoms with Gasteiger partial charge in [-0.1, -0.05) is 30.3 Å². The van der Waals surface area contributed by atoms with Gasteiger partial charge in [-0.2, -0.15) is 5.10 Å². The van der Waals surface area contributed by atoms with Crippen molar-refractivity contribution in [1.29, 1.82) is 0 Å². The first-order chi connectivity index (χ1) is 11.4. The fourth-order valence-electron chi connectivity index (χ4n) is 2.76. The Morgan fingerprint density at radius 1 is 1.08 bits per heavy atom. The highest BCUT2D eigenvalue weighted by atomic mass is 16.2. The number of hydrogen-bond donors (Lipinski definition) is 1. The number of carbonyl (C=O) groups is 1. The van der Waals surface area contributed by atoms with E-state index in [2.05, 4.69) is 10.4 Å². The van der Waals surface area contributed by atoms with Crippen LogP contribution in [0.5, 0.6) is 0 Å². The smallest absolute Gasteiger partial charge is 0.251 e. The molecule has 2 aromatic heterocycles. The highest BCUT2D eigenvalue weighted by Crippen LogP contribution is 2.28. The molecule has 0 aliphatic rings. The summed E-state index contributed by atoms with van der Waals surface area (Å²) in [4.78, 5) is 12.8. The van der Waals surface area contributed by atoms with Gasteiger partial charge in [-0.25, -0.2) is 0 Å². The number of anilines is 1. The van der Waals surface area contributed by atoms with Gasteiger partial charge in [0.15, 0.2) is 0 Å². The predicted octanol–water partition coefficient (Wildman–Crippen LogP) is 3.57. The fraction of sp³-hybridized carbons (Fsp3) is 0.263. The second-order valence-corrected chi connectivity index (χ2v) is 6.42. The summed E-state index contributed by atoms with van der Waals surface area (Å²) in [6.07, 6.45) is 3.79. The molecule has 0 saturated carbocycles. The van der Waals surface area contributed by atoms with Crippen LogP contribution in [0.2, 0.25) is 0 Å². The number of nitrogens with one attached hydrogen (secondary N) is 1. The molecule has 0 aliphatic heterocycles. The minimum absolute atomic E-state index is 0.0792. The minimum atomic E-state index is -0.687. The van der Waals surface area contributed by atoms with E-state index in [1.54, 1.807) is 4.68 Å². The molecule has 1 N–H and O–H groups in total. The van der Waals surface area contributed by atoms with Gasteiger partial charge in [-0.05, 0) is 32.9 Å². The number of carbonyl (C=O) groups excluding carboxylic acids is 1. The zero-order valence-corrected chi connectivity index (χ0v) is 14.4. The van der Waals surface area contributed by atoms with Crippen molar-refractivity contribution < 1.29 is 4.79 Å². The number of amides is 1. The summed E-state index contributed by atoms with van der Waals surface area (Å²) in [5.74, 6) is 0.642. The molecular weight excluding hydrogens is 300 g/mol. The maximum atomic E-state index is 12.8. The van der Waals surface area contributed by atoms with Crippen LogP contribution in [-0.2, 0) is 17.4 Å². The summed E-state index contributed by atoms with van der Waals surface area (Å²) in [7, 11) is 1.84. The third-order valence-corrected chi connectivity index (χ3v) is 4.37. The molecule has 1 amide bonds. The van der Waals surface area contributed by atoms with Gasteiger partial charge in [0, 0.05) is 30.6 Å². The van der Waals surface area contributed by atoms with Crippen LogP contribution in [-0.4, -0.2) is 20.3 Å². The number of aromatic nitrogens is 3. The summed E-state index contributed by atoms with van der Waals surface area (Å²) in [6.45, 7) is 5.77. The molecule has 124 valence electrons. The molecule has 5 nitrogen and oxygen atoms in total. The van der Waals surface area contributed by atoms with E-state index in [9.17, 15) is 4.79 Å². The first-order valence-corrected chi connectivity index (χ1v) is 7.95. The third-order valence-electron chi connectivity index (χ3n) is 4.37. The van der Waals surface area contributed by atoms with E-state index in [0.29, 0.717) is 0 Å². The van der Waals surface area contributed by atoms with Crippen LogP contribution < -0.4 is 5.32 Å². The lowest BCUT2D eigenvalue weighted by Crippen LogP contribution is -2.40. The molecule has 0 bridgehead atoms. The lowest BCUT2D eigenvalue weighted by atomic mass is 10.0. The zero-order valence-electron chi connectivity index (χ0n) is 14.4. The Balaban J connectivity index is 1.91. The van der Waals surface area contributed by atoms with Crippen LogP contribution in [0, 0.1) is 6.92 Å². The van der Waals surface area contributed by atoms with Crippen molar-refractivity contribution in [2.45, 2.75) is 26.3 Å². The number of benzene rings is 1. The van der Waals surface area contributed by atoms with Gasteiger partial charge in [-0.15, -0.1) is 0 Å². The maximum absolute atomic E-state index is 12.8.